The number of nitrogens with zero attached hydrogens (tertiary/aromatic N) is 1. The highest BCUT2D eigenvalue weighted by Gasteiger charge is 2.22. The second kappa shape index (κ2) is 7.56. The second-order valence-electron chi connectivity index (χ2n) is 5.97. The van der Waals surface area contributed by atoms with E-state index in [1.807, 2.05) is 13.8 Å². The molecule has 1 aromatic rings. The lowest BCUT2D eigenvalue weighted by Crippen LogP contribution is -2.48. The van der Waals surface area contributed by atoms with Gasteiger partial charge in [-0.15, -0.1) is 0 Å². The Kier molecular flexibility index (Phi) is 5.74. The molecule has 2 rings (SSSR count). The molecule has 0 bridgehead atoms. The van der Waals surface area contributed by atoms with E-state index in [-0.39, 0.29) is 11.8 Å². The van der Waals surface area contributed by atoms with E-state index in [0.717, 1.165) is 38.4 Å². The van der Waals surface area contributed by atoms with Gasteiger partial charge in [-0.05, 0) is 31.5 Å². The van der Waals surface area contributed by atoms with Crippen LogP contribution in [0.2, 0.25) is 0 Å². The minimum atomic E-state index is -0.559. The summed E-state index contributed by atoms with van der Waals surface area (Å²) in [6, 6.07) is 5.94. The van der Waals surface area contributed by atoms with Gasteiger partial charge in [-0.3, -0.25) is 4.90 Å². The highest BCUT2D eigenvalue weighted by atomic mass is 19.1. The minimum Gasteiger partial charge on any atom is -0.379 e. The Bertz CT molecular complexity index is 485. The number of carbonyl (C=O) groups excluding carboxylic acids is 1. The largest absolute Gasteiger partial charge is 0.379 e. The van der Waals surface area contributed by atoms with Crippen molar-refractivity contribution < 1.29 is 13.9 Å². The van der Waals surface area contributed by atoms with Crippen LogP contribution in [-0.4, -0.2) is 50.3 Å². The smallest absolute Gasteiger partial charge is 0.315 e. The summed E-state index contributed by atoms with van der Waals surface area (Å²) in [7, 11) is 0. The molecule has 0 unspecified atom stereocenters. The van der Waals surface area contributed by atoms with Gasteiger partial charge in [0.25, 0.3) is 0 Å². The molecule has 6 heteroatoms. The quantitative estimate of drug-likeness (QED) is 0.870. The Labute approximate surface area is 130 Å². The van der Waals surface area contributed by atoms with E-state index in [1.54, 1.807) is 12.1 Å². The van der Waals surface area contributed by atoms with E-state index >= 15 is 0 Å². The fourth-order valence-electron chi connectivity index (χ4n) is 2.42. The van der Waals surface area contributed by atoms with Crippen molar-refractivity contribution in [1.29, 1.82) is 0 Å². The maximum atomic E-state index is 13.0. The molecule has 5 nitrogen and oxygen atoms in total. The minimum absolute atomic E-state index is 0.220. The Hall–Kier alpha value is -1.66. The Morgan fingerprint density at radius 1 is 1.27 bits per heavy atom. The van der Waals surface area contributed by atoms with Gasteiger partial charge in [-0.2, -0.15) is 0 Å². The predicted molar refractivity (Wildman–Crippen MR) is 83.2 cm³/mol. The maximum Gasteiger partial charge on any atom is 0.315 e. The van der Waals surface area contributed by atoms with Crippen molar-refractivity contribution in [2.24, 2.45) is 0 Å². The number of ether oxygens (including phenoxy) is 1. The number of carbonyl (C=O) groups is 1. The van der Waals surface area contributed by atoms with E-state index in [9.17, 15) is 9.18 Å². The molecule has 1 aromatic carbocycles. The van der Waals surface area contributed by atoms with Crippen LogP contribution in [-0.2, 0) is 10.3 Å². The molecule has 0 saturated carbocycles. The average Bonchev–Trinajstić information content (AvgIpc) is 2.48. The summed E-state index contributed by atoms with van der Waals surface area (Å²) in [6.07, 6.45) is 0. The van der Waals surface area contributed by atoms with Gasteiger partial charge in [0.05, 0.1) is 18.8 Å². The van der Waals surface area contributed by atoms with Crippen LogP contribution < -0.4 is 10.6 Å². The molecule has 1 aliphatic rings. The third kappa shape index (κ3) is 4.96. The third-order valence-corrected chi connectivity index (χ3v) is 3.81. The Balaban J connectivity index is 1.76. The number of benzene rings is 1. The number of nitrogens with one attached hydrogen (secondary N) is 2. The fraction of sp³-hybridized carbons (Fsp3) is 0.562. The van der Waals surface area contributed by atoms with Crippen LogP contribution in [0.15, 0.2) is 24.3 Å². The van der Waals surface area contributed by atoms with Crippen LogP contribution in [0.3, 0.4) is 0 Å². The number of hydrogen-bond acceptors (Lipinski definition) is 3. The Morgan fingerprint density at radius 3 is 2.55 bits per heavy atom. The van der Waals surface area contributed by atoms with Crippen molar-refractivity contribution in [1.82, 2.24) is 15.5 Å². The van der Waals surface area contributed by atoms with E-state index in [0.29, 0.717) is 6.54 Å². The highest BCUT2D eigenvalue weighted by Crippen LogP contribution is 2.19. The molecule has 0 spiro atoms. The van der Waals surface area contributed by atoms with E-state index in [1.165, 1.54) is 12.1 Å². The summed E-state index contributed by atoms with van der Waals surface area (Å²) in [5, 5.41) is 5.77. The molecular weight excluding hydrogens is 285 g/mol. The van der Waals surface area contributed by atoms with Crippen LogP contribution in [0.4, 0.5) is 9.18 Å². The van der Waals surface area contributed by atoms with Crippen LogP contribution >= 0.6 is 0 Å². The van der Waals surface area contributed by atoms with Crippen molar-refractivity contribution in [3.8, 4) is 0 Å². The normalized spacial score (nSPS) is 16.3. The molecule has 1 aliphatic heterocycles. The van der Waals surface area contributed by atoms with Gasteiger partial charge in [0.1, 0.15) is 5.82 Å². The van der Waals surface area contributed by atoms with Gasteiger partial charge < -0.3 is 15.4 Å². The first kappa shape index (κ1) is 16.7. The molecule has 0 aliphatic carbocycles. The molecule has 122 valence electrons. The van der Waals surface area contributed by atoms with Gasteiger partial charge in [0.15, 0.2) is 0 Å². The molecule has 1 heterocycles. The lowest BCUT2D eigenvalue weighted by molar-refractivity contribution is 0.0387. The number of morpholine rings is 1. The molecule has 22 heavy (non-hydrogen) atoms. The third-order valence-electron chi connectivity index (χ3n) is 3.81. The zero-order chi connectivity index (χ0) is 16.0. The zero-order valence-electron chi connectivity index (χ0n) is 13.2. The maximum absolute atomic E-state index is 13.0. The van der Waals surface area contributed by atoms with Crippen molar-refractivity contribution in [3.05, 3.63) is 35.6 Å². The molecule has 1 saturated heterocycles. The van der Waals surface area contributed by atoms with E-state index in [4.69, 9.17) is 4.74 Å². The number of amides is 2. The van der Waals surface area contributed by atoms with Crippen molar-refractivity contribution in [3.63, 3.8) is 0 Å². The molecule has 0 atom stereocenters. The summed E-state index contributed by atoms with van der Waals surface area (Å²) in [4.78, 5) is 14.3. The van der Waals surface area contributed by atoms with Crippen LogP contribution in [0.25, 0.3) is 0 Å². The average molecular weight is 309 g/mol. The van der Waals surface area contributed by atoms with Gasteiger partial charge in [0.2, 0.25) is 0 Å². The van der Waals surface area contributed by atoms with E-state index in [2.05, 4.69) is 15.5 Å². The number of urea groups is 1. The second-order valence-corrected chi connectivity index (χ2v) is 5.97. The Morgan fingerprint density at radius 2 is 1.91 bits per heavy atom. The van der Waals surface area contributed by atoms with Crippen LogP contribution in [0, 0.1) is 5.82 Å². The lowest BCUT2D eigenvalue weighted by atomic mass is 9.94. The van der Waals surface area contributed by atoms with E-state index < -0.39 is 5.54 Å². The standard InChI is InChI=1S/C16H24FN3O2/c1-16(2,13-3-5-14(17)6-4-13)19-15(21)18-7-8-20-9-11-22-12-10-20/h3-6H,7-12H2,1-2H3,(H2,18,19,21). The van der Waals surface area contributed by atoms with Gasteiger partial charge >= 0.3 is 6.03 Å². The number of rotatable bonds is 5. The van der Waals surface area contributed by atoms with Gasteiger partial charge in [-0.25, -0.2) is 9.18 Å². The first-order valence-electron chi connectivity index (χ1n) is 7.59. The predicted octanol–water partition coefficient (Wildman–Crippen LogP) is 1.69. The first-order chi connectivity index (χ1) is 10.5. The SMILES string of the molecule is CC(C)(NC(=O)NCCN1CCOCC1)c1ccc(F)cc1. The monoisotopic (exact) mass is 309 g/mol. The van der Waals surface area contributed by atoms with Crippen molar-refractivity contribution >= 4 is 6.03 Å². The van der Waals surface area contributed by atoms with Gasteiger partial charge in [0, 0.05) is 26.2 Å². The lowest BCUT2D eigenvalue weighted by Gasteiger charge is -2.28. The summed E-state index contributed by atoms with van der Waals surface area (Å²) in [6.45, 7) is 8.50. The molecule has 2 N–H and O–H groups in total. The van der Waals surface area contributed by atoms with Gasteiger partial charge in [-0.1, -0.05) is 12.1 Å². The summed E-state index contributed by atoms with van der Waals surface area (Å²) in [5.41, 5.74) is 0.300. The summed E-state index contributed by atoms with van der Waals surface area (Å²) in [5.74, 6) is -0.283. The van der Waals surface area contributed by atoms with Crippen LogP contribution in [0.1, 0.15) is 19.4 Å². The zero-order valence-corrected chi connectivity index (χ0v) is 13.2. The number of halogens is 1. The summed E-state index contributed by atoms with van der Waals surface area (Å²) < 4.78 is 18.2. The van der Waals surface area contributed by atoms with Crippen molar-refractivity contribution in [2.45, 2.75) is 19.4 Å². The highest BCUT2D eigenvalue weighted by molar-refractivity contribution is 5.74. The topological polar surface area (TPSA) is 53.6 Å². The summed E-state index contributed by atoms with van der Waals surface area (Å²) >= 11 is 0. The molecule has 1 fully saturated rings. The molecule has 0 aromatic heterocycles. The fourth-order valence-corrected chi connectivity index (χ4v) is 2.42. The molecular formula is C16H24FN3O2. The first-order valence-corrected chi connectivity index (χ1v) is 7.59. The molecule has 0 radical (unpaired) electrons. The van der Waals surface area contributed by atoms with Crippen molar-refractivity contribution in [2.75, 3.05) is 39.4 Å². The number of hydrogen-bond donors (Lipinski definition) is 2. The molecule has 2 amide bonds. The van der Waals surface area contributed by atoms with Crippen LogP contribution in [0.5, 0.6) is 0 Å².